The summed E-state index contributed by atoms with van der Waals surface area (Å²) in [4.78, 5) is 12.5. The number of hydrogen-bond donors (Lipinski definition) is 5. The maximum Gasteiger partial charge on any atom is 0.249 e. The van der Waals surface area contributed by atoms with E-state index in [0.717, 1.165) is 44.9 Å². The van der Waals surface area contributed by atoms with Gasteiger partial charge in [0.15, 0.2) is 0 Å². The first kappa shape index (κ1) is 55.5. The van der Waals surface area contributed by atoms with Gasteiger partial charge in [-0.25, -0.2) is 0 Å². The molecular formula is C51H97NO5. The van der Waals surface area contributed by atoms with Gasteiger partial charge in [0.2, 0.25) is 5.91 Å². The standard InChI is InChI=1S/C51H97NO5/c1-3-5-7-9-11-13-15-16-17-18-19-20-21-22-23-24-25-26-27-28-29-30-31-32-33-35-37-39-41-43-45-49(55)51(57)52-47(46-53)50(56)48(54)44-42-40-38-36-34-14-12-10-8-6-4-2/h19-20,22-23,36,38,47-50,53-56H,3-18,21,24-35,37,39-46H2,1-2H3,(H,52,57)/b20-19-,23-22-,38-36+. The Bertz CT molecular complexity index is 904. The van der Waals surface area contributed by atoms with Crippen molar-refractivity contribution in [3.05, 3.63) is 36.5 Å². The highest BCUT2D eigenvalue weighted by Gasteiger charge is 2.28. The largest absolute Gasteiger partial charge is 0.394 e. The minimum Gasteiger partial charge on any atom is -0.394 e. The molecule has 0 radical (unpaired) electrons. The first-order valence-electron chi connectivity index (χ1n) is 24.9. The van der Waals surface area contributed by atoms with E-state index in [-0.39, 0.29) is 0 Å². The van der Waals surface area contributed by atoms with Gasteiger partial charge in [0.1, 0.15) is 12.2 Å². The van der Waals surface area contributed by atoms with Crippen LogP contribution in [0.4, 0.5) is 0 Å². The topological polar surface area (TPSA) is 110 Å². The number of unbranched alkanes of at least 4 members (excludes halogenated alkanes) is 30. The van der Waals surface area contributed by atoms with Gasteiger partial charge in [-0.3, -0.25) is 4.79 Å². The Balaban J connectivity index is 3.62. The van der Waals surface area contributed by atoms with Crippen molar-refractivity contribution < 1.29 is 25.2 Å². The summed E-state index contributed by atoms with van der Waals surface area (Å²) >= 11 is 0. The number of carbonyl (C=O) groups excluding carboxylic acids is 1. The summed E-state index contributed by atoms with van der Waals surface area (Å²) in [5.74, 6) is -0.594. The van der Waals surface area contributed by atoms with E-state index in [0.29, 0.717) is 12.8 Å². The highest BCUT2D eigenvalue weighted by Crippen LogP contribution is 2.16. The molecule has 4 unspecified atom stereocenters. The van der Waals surface area contributed by atoms with Crippen molar-refractivity contribution in [2.24, 2.45) is 0 Å². The molecule has 0 aromatic carbocycles. The van der Waals surface area contributed by atoms with E-state index in [1.54, 1.807) is 0 Å². The number of allylic oxidation sites excluding steroid dienone is 6. The lowest BCUT2D eigenvalue weighted by Crippen LogP contribution is -2.53. The van der Waals surface area contributed by atoms with Crippen LogP contribution in [0, 0.1) is 0 Å². The number of aliphatic hydroxyl groups is 4. The third-order valence-electron chi connectivity index (χ3n) is 11.6. The third kappa shape index (κ3) is 39.7. The lowest BCUT2D eigenvalue weighted by Gasteiger charge is -2.27. The average Bonchev–Trinajstić information content (AvgIpc) is 3.22. The predicted octanol–water partition coefficient (Wildman–Crippen LogP) is 13.7. The Morgan fingerprint density at radius 2 is 0.772 bits per heavy atom. The molecule has 0 bridgehead atoms. The SMILES string of the molecule is CCCCCCCC/C=C/CCCC(O)C(O)C(CO)NC(=O)C(O)CCCCCCCCCCCCCCCC/C=C\C/C=C\CCCCCCCCCCC. The average molecular weight is 804 g/mol. The van der Waals surface area contributed by atoms with Crippen LogP contribution in [0.2, 0.25) is 0 Å². The van der Waals surface area contributed by atoms with Crippen LogP contribution < -0.4 is 5.32 Å². The number of nitrogens with one attached hydrogen (secondary N) is 1. The van der Waals surface area contributed by atoms with Gasteiger partial charge >= 0.3 is 0 Å². The first-order chi connectivity index (χ1) is 28.0. The molecule has 0 heterocycles. The molecule has 0 spiro atoms. The normalized spacial score (nSPS) is 14.3. The number of hydrogen-bond acceptors (Lipinski definition) is 5. The fourth-order valence-electron chi connectivity index (χ4n) is 7.61. The summed E-state index contributed by atoms with van der Waals surface area (Å²) in [6.07, 6.45) is 54.9. The lowest BCUT2D eigenvalue weighted by molar-refractivity contribution is -0.132. The molecule has 0 rings (SSSR count). The van der Waals surface area contributed by atoms with Crippen LogP contribution in [-0.2, 0) is 4.79 Å². The smallest absolute Gasteiger partial charge is 0.249 e. The van der Waals surface area contributed by atoms with E-state index in [1.165, 1.54) is 180 Å². The van der Waals surface area contributed by atoms with Crippen LogP contribution in [0.5, 0.6) is 0 Å². The fraction of sp³-hybridized carbons (Fsp3) is 0.863. The van der Waals surface area contributed by atoms with E-state index in [4.69, 9.17) is 0 Å². The van der Waals surface area contributed by atoms with E-state index in [2.05, 4.69) is 55.6 Å². The zero-order valence-electron chi connectivity index (χ0n) is 37.8. The molecule has 336 valence electrons. The molecule has 1 amide bonds. The van der Waals surface area contributed by atoms with Crippen molar-refractivity contribution >= 4 is 5.91 Å². The van der Waals surface area contributed by atoms with Crippen LogP contribution in [0.3, 0.4) is 0 Å². The van der Waals surface area contributed by atoms with Crippen LogP contribution in [0.15, 0.2) is 36.5 Å². The molecule has 0 aromatic heterocycles. The second kappa shape index (κ2) is 45.6. The highest BCUT2D eigenvalue weighted by molar-refractivity contribution is 5.80. The van der Waals surface area contributed by atoms with Gasteiger partial charge in [-0.1, -0.05) is 217 Å². The molecule has 0 saturated heterocycles. The number of amides is 1. The molecule has 4 atom stereocenters. The van der Waals surface area contributed by atoms with E-state index >= 15 is 0 Å². The predicted molar refractivity (Wildman–Crippen MR) is 247 cm³/mol. The third-order valence-corrected chi connectivity index (χ3v) is 11.6. The number of rotatable bonds is 45. The van der Waals surface area contributed by atoms with Crippen LogP contribution in [-0.4, -0.2) is 57.3 Å². The second-order valence-corrected chi connectivity index (χ2v) is 17.2. The van der Waals surface area contributed by atoms with E-state index in [9.17, 15) is 25.2 Å². The van der Waals surface area contributed by atoms with Crippen LogP contribution in [0.1, 0.15) is 251 Å². The van der Waals surface area contributed by atoms with Gasteiger partial charge in [-0.15, -0.1) is 0 Å². The molecule has 6 heteroatoms. The quantitative estimate of drug-likeness (QED) is 0.0311. The van der Waals surface area contributed by atoms with Crippen molar-refractivity contribution in [1.82, 2.24) is 5.32 Å². The van der Waals surface area contributed by atoms with Gasteiger partial charge in [-0.05, 0) is 70.6 Å². The molecule has 6 nitrogen and oxygen atoms in total. The Labute approximate surface area is 354 Å². The Kier molecular flexibility index (Phi) is 44.4. The van der Waals surface area contributed by atoms with Gasteiger partial charge in [-0.2, -0.15) is 0 Å². The summed E-state index contributed by atoms with van der Waals surface area (Å²) in [6, 6.07) is -1.00. The Morgan fingerprint density at radius 1 is 0.439 bits per heavy atom. The molecule has 57 heavy (non-hydrogen) atoms. The monoisotopic (exact) mass is 804 g/mol. The highest BCUT2D eigenvalue weighted by atomic mass is 16.3. The summed E-state index contributed by atoms with van der Waals surface area (Å²) in [5.41, 5.74) is 0. The first-order valence-corrected chi connectivity index (χ1v) is 24.9. The molecule has 0 aromatic rings. The minimum atomic E-state index is -1.28. The minimum absolute atomic E-state index is 0.363. The maximum absolute atomic E-state index is 12.5. The van der Waals surface area contributed by atoms with Crippen molar-refractivity contribution in [2.75, 3.05) is 6.61 Å². The van der Waals surface area contributed by atoms with Gasteiger partial charge < -0.3 is 25.7 Å². The van der Waals surface area contributed by atoms with Crippen molar-refractivity contribution in [2.45, 2.75) is 276 Å². The zero-order chi connectivity index (χ0) is 41.7. The van der Waals surface area contributed by atoms with Crippen molar-refractivity contribution in [3.8, 4) is 0 Å². The maximum atomic E-state index is 12.5. The summed E-state index contributed by atoms with van der Waals surface area (Å²) < 4.78 is 0. The summed E-state index contributed by atoms with van der Waals surface area (Å²) in [5, 5.41) is 43.6. The van der Waals surface area contributed by atoms with Crippen LogP contribution in [0.25, 0.3) is 0 Å². The molecule has 5 N–H and O–H groups in total. The van der Waals surface area contributed by atoms with Crippen molar-refractivity contribution in [1.29, 1.82) is 0 Å². The Morgan fingerprint density at radius 3 is 1.16 bits per heavy atom. The van der Waals surface area contributed by atoms with E-state index < -0.39 is 36.9 Å². The Hall–Kier alpha value is -1.47. The van der Waals surface area contributed by atoms with Crippen LogP contribution >= 0.6 is 0 Å². The van der Waals surface area contributed by atoms with Gasteiger partial charge in [0.25, 0.3) is 0 Å². The fourth-order valence-corrected chi connectivity index (χ4v) is 7.61. The second-order valence-electron chi connectivity index (χ2n) is 17.2. The lowest BCUT2D eigenvalue weighted by atomic mass is 10.00. The number of aliphatic hydroxyl groups excluding tert-OH is 4. The molecule has 0 fully saturated rings. The number of carbonyl (C=O) groups is 1. The molecule has 0 aliphatic rings. The zero-order valence-corrected chi connectivity index (χ0v) is 37.8. The molecule has 0 aliphatic heterocycles. The van der Waals surface area contributed by atoms with Gasteiger partial charge in [0.05, 0.1) is 18.8 Å². The summed E-state index contributed by atoms with van der Waals surface area (Å²) in [7, 11) is 0. The van der Waals surface area contributed by atoms with Crippen molar-refractivity contribution in [3.63, 3.8) is 0 Å². The molecule has 0 aliphatic carbocycles. The molecular weight excluding hydrogens is 707 g/mol. The molecule has 0 saturated carbocycles. The summed E-state index contributed by atoms with van der Waals surface area (Å²) in [6.45, 7) is 4.02. The van der Waals surface area contributed by atoms with E-state index in [1.807, 2.05) is 0 Å². The van der Waals surface area contributed by atoms with Gasteiger partial charge in [0, 0.05) is 0 Å².